The van der Waals surface area contributed by atoms with E-state index >= 15 is 0 Å². The van der Waals surface area contributed by atoms with Gasteiger partial charge in [-0.05, 0) is 24.1 Å². The van der Waals surface area contributed by atoms with Crippen LogP contribution in [-0.4, -0.2) is 18.3 Å². The van der Waals surface area contributed by atoms with Crippen molar-refractivity contribution in [2.24, 2.45) is 0 Å². The van der Waals surface area contributed by atoms with Crippen molar-refractivity contribution in [2.75, 3.05) is 12.4 Å². The molecule has 15 heavy (non-hydrogen) atoms. The molecule has 0 atom stereocenters. The summed E-state index contributed by atoms with van der Waals surface area (Å²) < 4.78 is 0. The zero-order chi connectivity index (χ0) is 11.1. The molecule has 82 valence electrons. The van der Waals surface area contributed by atoms with Crippen molar-refractivity contribution in [1.29, 1.82) is 0 Å². The lowest BCUT2D eigenvalue weighted by molar-refractivity contribution is -0.120. The van der Waals surface area contributed by atoms with Crippen molar-refractivity contribution in [1.82, 2.24) is 5.32 Å². The summed E-state index contributed by atoms with van der Waals surface area (Å²) in [4.78, 5) is 11.4. The summed E-state index contributed by atoms with van der Waals surface area (Å²) in [5.41, 5.74) is 0.961. The van der Waals surface area contributed by atoms with Crippen LogP contribution in [-0.2, 0) is 11.2 Å². The summed E-state index contributed by atoms with van der Waals surface area (Å²) in [6, 6.07) is 7.26. The predicted molar refractivity (Wildman–Crippen MR) is 63.5 cm³/mol. The molecule has 1 amide bonds. The second-order valence-electron chi connectivity index (χ2n) is 3.20. The van der Waals surface area contributed by atoms with Crippen LogP contribution in [0.2, 0.25) is 5.02 Å². The molecule has 1 aromatic carbocycles. The van der Waals surface area contributed by atoms with Crippen molar-refractivity contribution < 1.29 is 4.79 Å². The van der Waals surface area contributed by atoms with Crippen molar-refractivity contribution in [3.63, 3.8) is 0 Å². The van der Waals surface area contributed by atoms with E-state index in [1.165, 1.54) is 0 Å². The molecule has 0 saturated carbocycles. The smallest absolute Gasteiger partial charge is 0.224 e. The van der Waals surface area contributed by atoms with Gasteiger partial charge in [0.15, 0.2) is 0 Å². The highest BCUT2D eigenvalue weighted by molar-refractivity contribution is 6.30. The molecule has 1 N–H and O–H groups in total. The fourth-order valence-corrected chi connectivity index (χ4v) is 1.40. The molecule has 0 aliphatic heterocycles. The van der Waals surface area contributed by atoms with E-state index < -0.39 is 0 Å². The number of rotatable bonds is 5. The van der Waals surface area contributed by atoms with Crippen molar-refractivity contribution in [3.05, 3.63) is 34.9 Å². The molecule has 1 aromatic rings. The highest BCUT2D eigenvalue weighted by atomic mass is 35.5. The molecule has 0 bridgehead atoms. The van der Waals surface area contributed by atoms with Gasteiger partial charge in [-0.15, -0.1) is 11.6 Å². The topological polar surface area (TPSA) is 29.1 Å². The van der Waals surface area contributed by atoms with Crippen LogP contribution in [0.5, 0.6) is 0 Å². The number of halogens is 2. The van der Waals surface area contributed by atoms with Gasteiger partial charge in [-0.3, -0.25) is 4.79 Å². The minimum absolute atomic E-state index is 0.0161. The summed E-state index contributed by atoms with van der Waals surface area (Å²) in [5.74, 6) is 0.587. The number of carbonyl (C=O) groups excluding carboxylic acids is 1. The van der Waals surface area contributed by atoms with E-state index in [2.05, 4.69) is 5.32 Å². The Bertz CT molecular complexity index is 311. The molecule has 0 radical (unpaired) electrons. The summed E-state index contributed by atoms with van der Waals surface area (Å²) in [6.45, 7) is 0.635. The Morgan fingerprint density at radius 3 is 2.53 bits per heavy atom. The molecular formula is C11H13Cl2NO. The number of alkyl halides is 1. The Balaban J connectivity index is 2.34. The molecule has 0 heterocycles. The molecule has 0 saturated heterocycles. The maximum atomic E-state index is 11.4. The largest absolute Gasteiger partial charge is 0.356 e. The average molecular weight is 246 g/mol. The van der Waals surface area contributed by atoms with Crippen molar-refractivity contribution in [2.45, 2.75) is 12.8 Å². The van der Waals surface area contributed by atoms with Gasteiger partial charge < -0.3 is 5.32 Å². The molecule has 1 rings (SSSR count). The third kappa shape index (κ3) is 5.05. The Kier molecular flexibility index (Phi) is 5.51. The van der Waals surface area contributed by atoms with Crippen LogP contribution in [0, 0.1) is 0 Å². The highest BCUT2D eigenvalue weighted by Gasteiger charge is 2.01. The normalized spacial score (nSPS) is 10.0. The fourth-order valence-electron chi connectivity index (χ4n) is 1.14. The summed E-state index contributed by atoms with van der Waals surface area (Å²) in [6.07, 6.45) is 1.19. The SMILES string of the molecule is O=C(Cc1ccc(Cl)cc1)NCCCCl. The van der Waals surface area contributed by atoms with Gasteiger partial charge in [0.1, 0.15) is 0 Å². The number of hydrogen-bond acceptors (Lipinski definition) is 1. The zero-order valence-corrected chi connectivity index (χ0v) is 9.81. The maximum absolute atomic E-state index is 11.4. The van der Waals surface area contributed by atoms with Crippen LogP contribution >= 0.6 is 23.2 Å². The number of carbonyl (C=O) groups is 1. The van der Waals surface area contributed by atoms with Crippen LogP contribution in [0.15, 0.2) is 24.3 Å². The van der Waals surface area contributed by atoms with Crippen LogP contribution < -0.4 is 5.32 Å². The van der Waals surface area contributed by atoms with E-state index in [4.69, 9.17) is 23.2 Å². The quantitative estimate of drug-likeness (QED) is 0.628. The number of hydrogen-bond donors (Lipinski definition) is 1. The summed E-state index contributed by atoms with van der Waals surface area (Å²) in [7, 11) is 0. The van der Waals surface area contributed by atoms with E-state index in [0.29, 0.717) is 23.9 Å². The third-order valence-electron chi connectivity index (χ3n) is 1.91. The Hall–Kier alpha value is -0.730. The number of amides is 1. The second kappa shape index (κ2) is 6.70. The predicted octanol–water partition coefficient (Wildman–Crippen LogP) is 2.63. The van der Waals surface area contributed by atoms with Gasteiger partial charge in [0.2, 0.25) is 5.91 Å². The minimum Gasteiger partial charge on any atom is -0.356 e. The first kappa shape index (κ1) is 12.3. The van der Waals surface area contributed by atoms with Gasteiger partial charge >= 0.3 is 0 Å². The van der Waals surface area contributed by atoms with E-state index in [1.54, 1.807) is 12.1 Å². The van der Waals surface area contributed by atoms with Gasteiger partial charge in [-0.2, -0.15) is 0 Å². The number of benzene rings is 1. The third-order valence-corrected chi connectivity index (χ3v) is 2.43. The van der Waals surface area contributed by atoms with Crippen molar-refractivity contribution >= 4 is 29.1 Å². The molecule has 0 spiro atoms. The van der Waals surface area contributed by atoms with Crippen LogP contribution in [0.1, 0.15) is 12.0 Å². The van der Waals surface area contributed by atoms with E-state index in [0.717, 1.165) is 12.0 Å². The number of nitrogens with one attached hydrogen (secondary N) is 1. The molecule has 0 aliphatic rings. The zero-order valence-electron chi connectivity index (χ0n) is 8.30. The Labute approximate surface area is 99.6 Å². The first-order chi connectivity index (χ1) is 7.22. The van der Waals surface area contributed by atoms with Gasteiger partial charge in [0.05, 0.1) is 6.42 Å². The minimum atomic E-state index is 0.0161. The molecule has 0 aromatic heterocycles. The Morgan fingerprint density at radius 1 is 1.27 bits per heavy atom. The van der Waals surface area contributed by atoms with Gasteiger partial charge in [-0.25, -0.2) is 0 Å². The van der Waals surface area contributed by atoms with E-state index in [9.17, 15) is 4.79 Å². The summed E-state index contributed by atoms with van der Waals surface area (Å²) in [5, 5.41) is 3.47. The standard InChI is InChI=1S/C11H13Cl2NO/c12-6-1-7-14-11(15)8-9-2-4-10(13)5-3-9/h2-5H,1,6-8H2,(H,14,15). The lowest BCUT2D eigenvalue weighted by Gasteiger charge is -2.03. The second-order valence-corrected chi connectivity index (χ2v) is 4.01. The van der Waals surface area contributed by atoms with E-state index in [1.807, 2.05) is 12.1 Å². The fraction of sp³-hybridized carbons (Fsp3) is 0.364. The van der Waals surface area contributed by atoms with Gasteiger partial charge in [0.25, 0.3) is 0 Å². The first-order valence-corrected chi connectivity index (χ1v) is 5.70. The van der Waals surface area contributed by atoms with Crippen LogP contribution in [0.3, 0.4) is 0 Å². The molecule has 4 heteroatoms. The molecule has 2 nitrogen and oxygen atoms in total. The van der Waals surface area contributed by atoms with Crippen LogP contribution in [0.4, 0.5) is 0 Å². The molecular weight excluding hydrogens is 233 g/mol. The molecule has 0 aliphatic carbocycles. The average Bonchev–Trinajstić information content (AvgIpc) is 2.22. The van der Waals surface area contributed by atoms with Gasteiger partial charge in [0, 0.05) is 17.4 Å². The van der Waals surface area contributed by atoms with E-state index in [-0.39, 0.29) is 5.91 Å². The monoisotopic (exact) mass is 245 g/mol. The molecule has 0 unspecified atom stereocenters. The highest BCUT2D eigenvalue weighted by Crippen LogP contribution is 2.09. The van der Waals surface area contributed by atoms with Crippen LogP contribution in [0.25, 0.3) is 0 Å². The maximum Gasteiger partial charge on any atom is 0.224 e. The molecule has 0 fully saturated rings. The Morgan fingerprint density at radius 2 is 1.93 bits per heavy atom. The van der Waals surface area contributed by atoms with Gasteiger partial charge in [-0.1, -0.05) is 23.7 Å². The lowest BCUT2D eigenvalue weighted by Crippen LogP contribution is -2.26. The summed E-state index contributed by atoms with van der Waals surface area (Å²) >= 11 is 11.2. The lowest BCUT2D eigenvalue weighted by atomic mass is 10.1. The van der Waals surface area contributed by atoms with Crippen molar-refractivity contribution in [3.8, 4) is 0 Å². The first-order valence-electron chi connectivity index (χ1n) is 4.79.